The Bertz CT molecular complexity index is 602. The molecule has 1 aromatic rings. The van der Waals surface area contributed by atoms with Crippen molar-refractivity contribution in [1.82, 2.24) is 9.80 Å². The minimum absolute atomic E-state index is 0.00586. The molecule has 0 bridgehead atoms. The van der Waals surface area contributed by atoms with Gasteiger partial charge in [-0.25, -0.2) is 0 Å². The normalized spacial score (nSPS) is 19.0. The van der Waals surface area contributed by atoms with Gasteiger partial charge < -0.3 is 14.5 Å². The van der Waals surface area contributed by atoms with E-state index in [2.05, 4.69) is 0 Å². The highest BCUT2D eigenvalue weighted by molar-refractivity contribution is 6.32. The second-order valence-electron chi connectivity index (χ2n) is 6.41. The Morgan fingerprint density at radius 3 is 2.79 bits per heavy atom. The van der Waals surface area contributed by atoms with Crippen LogP contribution in [-0.4, -0.2) is 53.9 Å². The first-order chi connectivity index (χ1) is 11.6. The van der Waals surface area contributed by atoms with Crippen LogP contribution in [0.4, 0.5) is 0 Å². The highest BCUT2D eigenvalue weighted by Crippen LogP contribution is 2.26. The minimum atomic E-state index is -0.00586. The van der Waals surface area contributed by atoms with E-state index in [0.717, 1.165) is 25.8 Å². The van der Waals surface area contributed by atoms with Gasteiger partial charge in [0.15, 0.2) is 0 Å². The summed E-state index contributed by atoms with van der Waals surface area (Å²) < 4.78 is 5.80. The number of halogens is 1. The van der Waals surface area contributed by atoms with Gasteiger partial charge in [-0.05, 0) is 25.0 Å². The molecular weight excluding hydrogens is 328 g/mol. The predicted octanol–water partition coefficient (Wildman–Crippen LogP) is 2.72. The molecule has 0 saturated carbocycles. The van der Waals surface area contributed by atoms with Gasteiger partial charge in [0.25, 0.3) is 0 Å². The molecule has 3 rings (SSSR count). The van der Waals surface area contributed by atoms with Gasteiger partial charge in [-0.15, -0.1) is 0 Å². The largest absolute Gasteiger partial charge is 0.485 e. The van der Waals surface area contributed by atoms with Crippen LogP contribution in [0.2, 0.25) is 5.02 Å². The van der Waals surface area contributed by atoms with E-state index in [0.29, 0.717) is 43.2 Å². The summed E-state index contributed by atoms with van der Waals surface area (Å²) in [5, 5.41) is 0.585. The summed E-state index contributed by atoms with van der Waals surface area (Å²) in [7, 11) is 0. The first kappa shape index (κ1) is 17.1. The third-order valence-electron chi connectivity index (χ3n) is 4.60. The lowest BCUT2D eigenvalue weighted by Crippen LogP contribution is -2.56. The van der Waals surface area contributed by atoms with E-state index < -0.39 is 0 Å². The van der Waals surface area contributed by atoms with Crippen LogP contribution in [0.25, 0.3) is 0 Å². The summed E-state index contributed by atoms with van der Waals surface area (Å²) in [5.74, 6) is 0.932. The molecule has 2 heterocycles. The molecule has 2 saturated heterocycles. The number of rotatable bonds is 5. The van der Waals surface area contributed by atoms with Crippen LogP contribution in [0, 0.1) is 0 Å². The zero-order valence-electron chi connectivity index (χ0n) is 13.7. The van der Waals surface area contributed by atoms with Crippen LogP contribution in [0.15, 0.2) is 24.3 Å². The van der Waals surface area contributed by atoms with Crippen LogP contribution in [-0.2, 0) is 9.59 Å². The van der Waals surface area contributed by atoms with Gasteiger partial charge in [0, 0.05) is 25.9 Å². The van der Waals surface area contributed by atoms with Crippen molar-refractivity contribution in [1.29, 1.82) is 0 Å². The van der Waals surface area contributed by atoms with E-state index in [-0.39, 0.29) is 17.9 Å². The van der Waals surface area contributed by atoms with Crippen molar-refractivity contribution in [2.75, 3.05) is 26.2 Å². The second kappa shape index (κ2) is 7.88. The smallest absolute Gasteiger partial charge is 0.224 e. The second-order valence-corrected chi connectivity index (χ2v) is 6.82. The van der Waals surface area contributed by atoms with Gasteiger partial charge in [0.2, 0.25) is 11.8 Å². The zero-order valence-corrected chi connectivity index (χ0v) is 14.5. The Morgan fingerprint density at radius 2 is 2.00 bits per heavy atom. The molecule has 0 aliphatic carbocycles. The molecule has 0 radical (unpaired) electrons. The fourth-order valence-corrected chi connectivity index (χ4v) is 3.28. The van der Waals surface area contributed by atoms with Crippen LogP contribution in [0.5, 0.6) is 5.75 Å². The van der Waals surface area contributed by atoms with Crippen LogP contribution in [0.3, 0.4) is 0 Å². The van der Waals surface area contributed by atoms with Crippen molar-refractivity contribution in [3.63, 3.8) is 0 Å². The lowest BCUT2D eigenvalue weighted by Gasteiger charge is -2.39. The standard InChI is InChI=1S/C18H23ClN2O3/c19-15-6-3-4-7-16(15)24-14-12-21(13-14)18(23)9-11-20-10-5-1-2-8-17(20)22/h3-4,6-7,14H,1-2,5,8-13H2. The Morgan fingerprint density at radius 1 is 1.21 bits per heavy atom. The number of carbonyl (C=O) groups excluding carboxylic acids is 2. The SMILES string of the molecule is O=C1CCCCCN1CCC(=O)N1CC(Oc2ccccc2Cl)C1. The Kier molecular flexibility index (Phi) is 5.61. The van der Waals surface area contributed by atoms with E-state index in [1.54, 1.807) is 11.0 Å². The van der Waals surface area contributed by atoms with Crippen LogP contribution in [0.1, 0.15) is 32.1 Å². The fraction of sp³-hybridized carbons (Fsp3) is 0.556. The van der Waals surface area contributed by atoms with Crippen molar-refractivity contribution in [3.8, 4) is 5.75 Å². The monoisotopic (exact) mass is 350 g/mol. The average molecular weight is 351 g/mol. The number of hydrogen-bond donors (Lipinski definition) is 0. The third kappa shape index (κ3) is 4.20. The summed E-state index contributed by atoms with van der Waals surface area (Å²) >= 11 is 6.07. The molecule has 0 N–H and O–H groups in total. The van der Waals surface area contributed by atoms with Gasteiger partial charge >= 0.3 is 0 Å². The first-order valence-electron chi connectivity index (χ1n) is 8.60. The Balaban J connectivity index is 1.40. The lowest BCUT2D eigenvalue weighted by molar-refractivity contribution is -0.141. The summed E-state index contributed by atoms with van der Waals surface area (Å²) in [6, 6.07) is 7.35. The maximum absolute atomic E-state index is 12.2. The number of para-hydroxylation sites is 1. The van der Waals surface area contributed by atoms with Gasteiger partial charge in [-0.3, -0.25) is 9.59 Å². The quantitative estimate of drug-likeness (QED) is 0.820. The summed E-state index contributed by atoms with van der Waals surface area (Å²) in [6.45, 7) is 2.48. The number of hydrogen-bond acceptors (Lipinski definition) is 3. The van der Waals surface area contributed by atoms with E-state index in [1.165, 1.54) is 0 Å². The third-order valence-corrected chi connectivity index (χ3v) is 4.91. The van der Waals surface area contributed by atoms with Gasteiger partial charge in [0.05, 0.1) is 18.1 Å². The summed E-state index contributed by atoms with van der Waals surface area (Å²) in [5.41, 5.74) is 0. The molecule has 2 aliphatic rings. The van der Waals surface area contributed by atoms with Crippen molar-refractivity contribution in [2.45, 2.75) is 38.2 Å². The minimum Gasteiger partial charge on any atom is -0.485 e. The van der Waals surface area contributed by atoms with E-state index in [4.69, 9.17) is 16.3 Å². The molecule has 0 unspecified atom stereocenters. The molecule has 0 atom stereocenters. The Labute approximate surface area is 147 Å². The molecule has 0 aromatic heterocycles. The number of likely N-dealkylation sites (tertiary alicyclic amines) is 2. The predicted molar refractivity (Wildman–Crippen MR) is 92.1 cm³/mol. The summed E-state index contributed by atoms with van der Waals surface area (Å²) in [6.07, 6.45) is 4.11. The van der Waals surface area contributed by atoms with E-state index in [9.17, 15) is 9.59 Å². The number of nitrogens with zero attached hydrogens (tertiary/aromatic N) is 2. The Hall–Kier alpha value is -1.75. The topological polar surface area (TPSA) is 49.9 Å². The molecule has 2 amide bonds. The molecule has 5 nitrogen and oxygen atoms in total. The number of amides is 2. The molecule has 130 valence electrons. The van der Waals surface area contributed by atoms with Gasteiger partial charge in [0.1, 0.15) is 11.9 Å². The maximum atomic E-state index is 12.2. The molecular formula is C18H23ClN2O3. The highest BCUT2D eigenvalue weighted by Gasteiger charge is 2.32. The zero-order chi connectivity index (χ0) is 16.9. The summed E-state index contributed by atoms with van der Waals surface area (Å²) in [4.78, 5) is 27.8. The fourth-order valence-electron chi connectivity index (χ4n) is 3.10. The molecule has 2 fully saturated rings. The van der Waals surface area contributed by atoms with Crippen molar-refractivity contribution in [2.24, 2.45) is 0 Å². The van der Waals surface area contributed by atoms with Gasteiger partial charge in [-0.2, -0.15) is 0 Å². The maximum Gasteiger partial charge on any atom is 0.224 e. The number of carbonyl (C=O) groups is 2. The first-order valence-corrected chi connectivity index (χ1v) is 8.98. The highest BCUT2D eigenvalue weighted by atomic mass is 35.5. The van der Waals surface area contributed by atoms with E-state index >= 15 is 0 Å². The molecule has 6 heteroatoms. The van der Waals surface area contributed by atoms with E-state index in [1.807, 2.05) is 23.1 Å². The molecule has 24 heavy (non-hydrogen) atoms. The number of ether oxygens (including phenoxy) is 1. The van der Waals surface area contributed by atoms with Crippen molar-refractivity contribution >= 4 is 23.4 Å². The van der Waals surface area contributed by atoms with Crippen molar-refractivity contribution in [3.05, 3.63) is 29.3 Å². The van der Waals surface area contributed by atoms with Crippen LogP contribution >= 0.6 is 11.6 Å². The molecule has 2 aliphatic heterocycles. The van der Waals surface area contributed by atoms with Gasteiger partial charge in [-0.1, -0.05) is 30.2 Å². The lowest BCUT2D eigenvalue weighted by atomic mass is 10.1. The average Bonchev–Trinajstić information content (AvgIpc) is 2.74. The number of benzene rings is 1. The van der Waals surface area contributed by atoms with Crippen LogP contribution < -0.4 is 4.74 Å². The molecule has 1 aromatic carbocycles. The molecule has 0 spiro atoms. The van der Waals surface area contributed by atoms with Crippen molar-refractivity contribution < 1.29 is 14.3 Å².